The van der Waals surface area contributed by atoms with E-state index >= 15 is 4.39 Å². The molecular weight excluding hydrogens is 561 g/mol. The van der Waals surface area contributed by atoms with Crippen LogP contribution in [0.1, 0.15) is 41.2 Å². The number of hydrogen-bond donors (Lipinski definition) is 2. The molecule has 41 heavy (non-hydrogen) atoms. The number of aliphatic hydroxyl groups excluding tert-OH is 1. The van der Waals surface area contributed by atoms with E-state index in [1.54, 1.807) is 12.4 Å². The fraction of sp³-hybridized carbons (Fsp3) is 0.444. The third kappa shape index (κ3) is 5.54. The van der Waals surface area contributed by atoms with E-state index in [4.69, 9.17) is 0 Å². The Bertz CT molecular complexity index is 1550. The number of alkyl halides is 3. The lowest BCUT2D eigenvalue weighted by molar-refractivity contribution is -0.158. The summed E-state index contributed by atoms with van der Waals surface area (Å²) in [4.78, 5) is 32.5. The number of fused-ring (bicyclic) bond motifs is 1. The summed E-state index contributed by atoms with van der Waals surface area (Å²) in [5.74, 6) is -8.72. The molecule has 1 aromatic carbocycles. The van der Waals surface area contributed by atoms with Crippen molar-refractivity contribution in [3.05, 3.63) is 69.1 Å². The fourth-order valence-corrected chi connectivity index (χ4v) is 5.47. The van der Waals surface area contributed by atoms with Crippen molar-refractivity contribution in [2.24, 2.45) is 11.8 Å². The summed E-state index contributed by atoms with van der Waals surface area (Å²) in [6, 6.07) is -0.896. The fourth-order valence-electron chi connectivity index (χ4n) is 5.47. The summed E-state index contributed by atoms with van der Waals surface area (Å²) < 4.78 is 100. The van der Waals surface area contributed by atoms with Crippen molar-refractivity contribution in [3.8, 4) is 5.69 Å². The van der Waals surface area contributed by atoms with Gasteiger partial charge in [0.1, 0.15) is 34.6 Å². The van der Waals surface area contributed by atoms with Crippen LogP contribution in [-0.4, -0.2) is 64.4 Å². The first-order valence-electron chi connectivity index (χ1n) is 12.9. The van der Waals surface area contributed by atoms with Gasteiger partial charge in [0.15, 0.2) is 11.6 Å². The molecule has 1 amide bonds. The Morgan fingerprint density at radius 1 is 1.10 bits per heavy atom. The Kier molecular flexibility index (Phi) is 7.57. The number of nitrogens with one attached hydrogen (secondary N) is 1. The smallest absolute Gasteiger partial charge is 0.396 e. The van der Waals surface area contributed by atoms with Gasteiger partial charge in [-0.3, -0.25) is 14.2 Å². The maximum absolute atomic E-state index is 15.5. The van der Waals surface area contributed by atoms with E-state index in [0.717, 1.165) is 0 Å². The Morgan fingerprint density at radius 3 is 2.34 bits per heavy atom. The number of nitrogens with zero attached hydrogens (tertiary/aromatic N) is 3. The summed E-state index contributed by atoms with van der Waals surface area (Å²) in [7, 11) is 1.81. The quantitative estimate of drug-likeness (QED) is 0.426. The van der Waals surface area contributed by atoms with Crippen LogP contribution in [0.2, 0.25) is 0 Å². The Hall–Kier alpha value is -3.52. The van der Waals surface area contributed by atoms with Gasteiger partial charge in [0.2, 0.25) is 5.43 Å². The maximum Gasteiger partial charge on any atom is 0.408 e. The number of aliphatic hydroxyl groups is 1. The average Bonchev–Trinajstić information content (AvgIpc) is 3.72. The molecule has 3 aromatic rings. The molecule has 1 saturated carbocycles. The summed E-state index contributed by atoms with van der Waals surface area (Å²) >= 11 is 0. The van der Waals surface area contributed by atoms with Crippen LogP contribution >= 0.6 is 0 Å². The lowest BCUT2D eigenvalue weighted by atomic mass is 9.83. The predicted octanol–water partition coefficient (Wildman–Crippen LogP) is 4.04. The van der Waals surface area contributed by atoms with Crippen LogP contribution in [0, 0.1) is 35.1 Å². The van der Waals surface area contributed by atoms with Crippen LogP contribution in [0.3, 0.4) is 0 Å². The van der Waals surface area contributed by atoms with Gasteiger partial charge in [-0.2, -0.15) is 13.2 Å². The number of aromatic nitrogens is 2. The first-order chi connectivity index (χ1) is 19.3. The van der Waals surface area contributed by atoms with Crippen LogP contribution in [0.5, 0.6) is 0 Å². The molecule has 2 N–H and O–H groups in total. The number of piperidine rings is 1. The number of carbonyl (C=O) groups excluding carboxylic acids is 1. The number of halogens is 7. The molecule has 7 nitrogen and oxygen atoms in total. The van der Waals surface area contributed by atoms with Gasteiger partial charge in [0.25, 0.3) is 5.91 Å². The van der Waals surface area contributed by atoms with Crippen molar-refractivity contribution < 1.29 is 40.6 Å². The molecule has 1 aliphatic carbocycles. The zero-order valence-corrected chi connectivity index (χ0v) is 21.6. The minimum atomic E-state index is -4.83. The van der Waals surface area contributed by atoms with Gasteiger partial charge in [-0.05, 0) is 44.8 Å². The summed E-state index contributed by atoms with van der Waals surface area (Å²) in [6.45, 7) is 0.562. The normalized spacial score (nSPS) is 20.8. The highest BCUT2D eigenvalue weighted by Crippen LogP contribution is 2.40. The van der Waals surface area contributed by atoms with Crippen LogP contribution < -0.4 is 10.7 Å². The highest BCUT2D eigenvalue weighted by Gasteiger charge is 2.50. The van der Waals surface area contributed by atoms with Gasteiger partial charge in [0, 0.05) is 43.3 Å². The number of pyridine rings is 2. The van der Waals surface area contributed by atoms with Crippen molar-refractivity contribution in [1.82, 2.24) is 19.8 Å². The lowest BCUT2D eigenvalue weighted by Gasteiger charge is -2.35. The topological polar surface area (TPSA) is 87.5 Å². The molecule has 2 fully saturated rings. The molecule has 2 unspecified atom stereocenters. The molecule has 3 atom stereocenters. The first kappa shape index (κ1) is 29.0. The van der Waals surface area contributed by atoms with Crippen LogP contribution in [0.15, 0.2) is 29.2 Å². The van der Waals surface area contributed by atoms with Gasteiger partial charge in [-0.25, -0.2) is 22.5 Å². The second-order valence-electron chi connectivity index (χ2n) is 10.6. The minimum absolute atomic E-state index is 0.197. The van der Waals surface area contributed by atoms with E-state index < -0.39 is 86.9 Å². The number of rotatable bonds is 6. The molecule has 1 aliphatic heterocycles. The molecule has 2 aromatic heterocycles. The van der Waals surface area contributed by atoms with Gasteiger partial charge in [0.05, 0.1) is 11.1 Å². The molecule has 0 spiro atoms. The summed E-state index contributed by atoms with van der Waals surface area (Å²) in [5.41, 5.74) is -3.85. The van der Waals surface area contributed by atoms with Gasteiger partial charge < -0.3 is 15.3 Å². The van der Waals surface area contributed by atoms with E-state index in [-0.39, 0.29) is 25.1 Å². The van der Waals surface area contributed by atoms with Crippen LogP contribution in [-0.2, 0) is 0 Å². The Balaban J connectivity index is 1.72. The number of carbonyl (C=O) groups is 1. The zero-order chi connectivity index (χ0) is 29.8. The average molecular weight is 587 g/mol. The summed E-state index contributed by atoms with van der Waals surface area (Å²) in [6.07, 6.45) is -3.47. The number of likely N-dealkylation sites (tertiary alicyclic amines) is 1. The first-order valence-corrected chi connectivity index (χ1v) is 12.9. The standard InChI is InChI=1S/C27H25F7N4O3/c1-37-5-4-15(13(9-37)11-39)21-18(29)8-16-23(40)17(26(41)36-24(12-2-3-12)27(32,33)34)10-38(25(16)35-21)22-19(30)6-14(28)7-20(22)31/h6-8,10,12-13,15,24,39H,2-5,9,11H2,1H3,(H,36,41)/t13?,15?,24-/m0/s1. The lowest BCUT2D eigenvalue weighted by Crippen LogP contribution is -2.48. The van der Waals surface area contributed by atoms with E-state index in [9.17, 15) is 41.0 Å². The number of amides is 1. The highest BCUT2D eigenvalue weighted by molar-refractivity contribution is 5.97. The maximum atomic E-state index is 15.5. The monoisotopic (exact) mass is 586 g/mol. The predicted molar refractivity (Wildman–Crippen MR) is 133 cm³/mol. The molecule has 1 saturated heterocycles. The van der Waals surface area contributed by atoms with Crippen molar-refractivity contribution >= 4 is 16.9 Å². The van der Waals surface area contributed by atoms with E-state index in [1.165, 1.54) is 0 Å². The SMILES string of the molecule is CN1CCC(c2nc3c(cc2F)c(=O)c(C(=O)N[C@@H](C2CC2)C(F)(F)F)cn3-c2c(F)cc(F)cc2F)C(CO)C1. The Morgan fingerprint density at radius 2 is 1.76 bits per heavy atom. The van der Waals surface area contributed by atoms with Gasteiger partial charge in [-0.1, -0.05) is 0 Å². The third-order valence-corrected chi connectivity index (χ3v) is 7.68. The molecule has 14 heteroatoms. The largest absolute Gasteiger partial charge is 0.408 e. The molecular formula is C27H25F7N4O3. The number of benzene rings is 1. The van der Waals surface area contributed by atoms with Crippen LogP contribution in [0.4, 0.5) is 30.7 Å². The molecule has 0 radical (unpaired) electrons. The third-order valence-electron chi connectivity index (χ3n) is 7.68. The highest BCUT2D eigenvalue weighted by atomic mass is 19.4. The Labute approximate surface area is 228 Å². The van der Waals surface area contributed by atoms with Gasteiger partial charge in [-0.15, -0.1) is 0 Å². The molecule has 3 heterocycles. The molecule has 5 rings (SSSR count). The van der Waals surface area contributed by atoms with Crippen molar-refractivity contribution in [1.29, 1.82) is 0 Å². The van der Waals surface area contributed by atoms with Crippen molar-refractivity contribution in [2.75, 3.05) is 26.7 Å². The minimum Gasteiger partial charge on any atom is -0.396 e. The van der Waals surface area contributed by atoms with Crippen molar-refractivity contribution in [2.45, 2.75) is 37.4 Å². The second kappa shape index (κ2) is 10.7. The second-order valence-corrected chi connectivity index (χ2v) is 10.6. The molecule has 220 valence electrons. The van der Waals surface area contributed by atoms with Crippen LogP contribution in [0.25, 0.3) is 16.7 Å². The van der Waals surface area contributed by atoms with E-state index in [2.05, 4.69) is 4.98 Å². The zero-order valence-electron chi connectivity index (χ0n) is 21.6. The van der Waals surface area contributed by atoms with Gasteiger partial charge >= 0.3 is 6.18 Å². The molecule has 0 bridgehead atoms. The van der Waals surface area contributed by atoms with Crippen molar-refractivity contribution in [3.63, 3.8) is 0 Å². The summed E-state index contributed by atoms with van der Waals surface area (Å²) in [5, 5.41) is 11.0. The van der Waals surface area contributed by atoms with E-state index in [0.29, 0.717) is 48.5 Å². The van der Waals surface area contributed by atoms with E-state index in [1.807, 2.05) is 4.90 Å². The molecule has 2 aliphatic rings. The number of hydrogen-bond acceptors (Lipinski definition) is 5.